The average molecular weight is 476 g/mol. The number of anilines is 1. The van der Waals surface area contributed by atoms with Crippen LogP contribution in [0.1, 0.15) is 30.9 Å². The van der Waals surface area contributed by atoms with E-state index < -0.39 is 5.92 Å². The van der Waals surface area contributed by atoms with Gasteiger partial charge in [0.15, 0.2) is 5.13 Å². The van der Waals surface area contributed by atoms with Gasteiger partial charge in [-0.1, -0.05) is 67.6 Å². The number of rotatable bonds is 7. The fraction of sp³-hybridized carbons (Fsp3) is 0.259. The number of likely N-dealkylation sites (N-methyl/N-ethyl adjacent to an activating group) is 1. The molecule has 1 aliphatic rings. The van der Waals surface area contributed by atoms with Crippen LogP contribution in [0.4, 0.5) is 9.52 Å². The highest BCUT2D eigenvalue weighted by Gasteiger charge is 2.36. The molecule has 1 aromatic heterocycles. The summed E-state index contributed by atoms with van der Waals surface area (Å²) in [6, 6.07) is 20.2. The quantitative estimate of drug-likeness (QED) is 0.327. The molecule has 0 bridgehead atoms. The van der Waals surface area contributed by atoms with Crippen molar-refractivity contribution in [2.45, 2.75) is 19.8 Å². The number of thiazole rings is 1. The first kappa shape index (κ1) is 22.5. The van der Waals surface area contributed by atoms with E-state index in [2.05, 4.69) is 23.7 Å². The summed E-state index contributed by atoms with van der Waals surface area (Å²) >= 11 is 1.35. The summed E-state index contributed by atoms with van der Waals surface area (Å²) in [6.07, 6.45) is 0. The molecule has 0 radical (unpaired) electrons. The zero-order valence-electron chi connectivity index (χ0n) is 19.2. The smallest absolute Gasteiger partial charge is 0.241 e. The number of nitrogens with zero attached hydrogens (tertiary/aromatic N) is 3. The molecule has 2 heterocycles. The summed E-state index contributed by atoms with van der Waals surface area (Å²) in [6.45, 7) is 7.14. The lowest BCUT2D eigenvalue weighted by molar-refractivity contribution is -0.119. The minimum Gasteiger partial charge on any atom is -0.457 e. The van der Waals surface area contributed by atoms with Crippen molar-refractivity contribution in [3.8, 4) is 11.5 Å². The van der Waals surface area contributed by atoms with E-state index in [1.54, 1.807) is 11.0 Å². The van der Waals surface area contributed by atoms with Crippen molar-refractivity contribution < 1.29 is 13.9 Å². The van der Waals surface area contributed by atoms with Crippen LogP contribution in [0.3, 0.4) is 0 Å². The molecule has 4 aromatic rings. The number of aromatic nitrogens is 1. The number of amides is 1. The zero-order chi connectivity index (χ0) is 23.7. The van der Waals surface area contributed by atoms with Crippen LogP contribution in [0, 0.1) is 5.82 Å². The number of hydrogen-bond donors (Lipinski definition) is 0. The lowest BCUT2D eigenvalue weighted by Crippen LogP contribution is -2.42. The molecule has 0 saturated heterocycles. The van der Waals surface area contributed by atoms with Crippen molar-refractivity contribution in [3.63, 3.8) is 0 Å². The molecular weight excluding hydrogens is 449 g/mol. The third-order valence-electron chi connectivity index (χ3n) is 6.32. The molecule has 1 amide bonds. The Labute approximate surface area is 202 Å². The molecule has 5 rings (SSSR count). The first-order chi connectivity index (χ1) is 16.6. The van der Waals surface area contributed by atoms with E-state index in [-0.39, 0.29) is 11.7 Å². The molecule has 7 heteroatoms. The Hall–Kier alpha value is -3.29. The Morgan fingerprint density at radius 2 is 1.59 bits per heavy atom. The van der Waals surface area contributed by atoms with Crippen LogP contribution in [0.5, 0.6) is 11.5 Å². The molecule has 5 nitrogen and oxygen atoms in total. The largest absolute Gasteiger partial charge is 0.457 e. The van der Waals surface area contributed by atoms with Crippen LogP contribution < -0.4 is 9.64 Å². The SMILES string of the molecule is CCN(CC)CCN(C(=O)C1c2ccccc2Oc2ccccc21)c1nc2c(F)cccc2s1. The van der Waals surface area contributed by atoms with Crippen molar-refractivity contribution in [2.24, 2.45) is 0 Å². The van der Waals surface area contributed by atoms with Gasteiger partial charge in [-0.15, -0.1) is 0 Å². The van der Waals surface area contributed by atoms with E-state index in [0.717, 1.165) is 28.9 Å². The number of benzene rings is 3. The van der Waals surface area contributed by atoms with Crippen LogP contribution in [-0.2, 0) is 4.79 Å². The van der Waals surface area contributed by atoms with Gasteiger partial charge < -0.3 is 9.64 Å². The Balaban J connectivity index is 1.60. The number of hydrogen-bond acceptors (Lipinski definition) is 5. The van der Waals surface area contributed by atoms with Gasteiger partial charge in [0.2, 0.25) is 5.91 Å². The van der Waals surface area contributed by atoms with E-state index in [4.69, 9.17) is 4.74 Å². The second kappa shape index (κ2) is 9.52. The first-order valence-electron chi connectivity index (χ1n) is 11.5. The third kappa shape index (κ3) is 4.06. The van der Waals surface area contributed by atoms with E-state index in [9.17, 15) is 9.18 Å². The lowest BCUT2D eigenvalue weighted by Gasteiger charge is -2.32. The maximum absolute atomic E-state index is 14.5. The van der Waals surface area contributed by atoms with Crippen molar-refractivity contribution in [2.75, 3.05) is 31.1 Å². The number of ether oxygens (including phenoxy) is 1. The highest BCUT2D eigenvalue weighted by Crippen LogP contribution is 2.45. The lowest BCUT2D eigenvalue weighted by atomic mass is 9.87. The summed E-state index contributed by atoms with van der Waals surface area (Å²) in [5.41, 5.74) is 1.95. The van der Waals surface area contributed by atoms with Gasteiger partial charge >= 0.3 is 0 Å². The Kier molecular flexibility index (Phi) is 6.30. The number of carbonyl (C=O) groups is 1. The third-order valence-corrected chi connectivity index (χ3v) is 7.36. The minimum atomic E-state index is -0.533. The second-order valence-electron chi connectivity index (χ2n) is 8.21. The normalized spacial score (nSPS) is 12.9. The Bertz CT molecular complexity index is 1290. The minimum absolute atomic E-state index is 0.0881. The second-order valence-corrected chi connectivity index (χ2v) is 9.22. The van der Waals surface area contributed by atoms with Crippen molar-refractivity contribution >= 4 is 32.6 Å². The first-order valence-corrected chi connectivity index (χ1v) is 12.4. The average Bonchev–Trinajstić information content (AvgIpc) is 3.30. The topological polar surface area (TPSA) is 45.7 Å². The molecule has 0 unspecified atom stereocenters. The van der Waals surface area contributed by atoms with Crippen molar-refractivity contribution in [3.05, 3.63) is 83.7 Å². The van der Waals surface area contributed by atoms with Gasteiger partial charge in [0.25, 0.3) is 0 Å². The molecule has 0 spiro atoms. The highest BCUT2D eigenvalue weighted by atomic mass is 32.1. The van der Waals surface area contributed by atoms with Gasteiger partial charge in [-0.05, 0) is 37.4 Å². The molecule has 1 aliphatic heterocycles. The number of halogens is 1. The van der Waals surface area contributed by atoms with Gasteiger partial charge in [-0.3, -0.25) is 9.69 Å². The van der Waals surface area contributed by atoms with Crippen LogP contribution in [0.15, 0.2) is 66.7 Å². The summed E-state index contributed by atoms with van der Waals surface area (Å²) < 4.78 is 21.3. The molecule has 0 fully saturated rings. The van der Waals surface area contributed by atoms with Crippen LogP contribution in [-0.4, -0.2) is 42.0 Å². The summed E-state index contributed by atoms with van der Waals surface area (Å²) in [5.74, 6) is 0.361. The van der Waals surface area contributed by atoms with Crippen LogP contribution in [0.2, 0.25) is 0 Å². The molecule has 34 heavy (non-hydrogen) atoms. The van der Waals surface area contributed by atoms with Crippen molar-refractivity contribution in [1.29, 1.82) is 0 Å². The molecule has 0 aliphatic carbocycles. The molecular formula is C27H26FN3O2S. The van der Waals surface area contributed by atoms with E-state index in [0.29, 0.717) is 35.2 Å². The Morgan fingerprint density at radius 1 is 0.941 bits per heavy atom. The predicted octanol–water partition coefficient (Wildman–Crippen LogP) is 6.05. The maximum atomic E-state index is 14.5. The van der Waals surface area contributed by atoms with Crippen molar-refractivity contribution in [1.82, 2.24) is 9.88 Å². The zero-order valence-corrected chi connectivity index (χ0v) is 20.0. The van der Waals surface area contributed by atoms with Gasteiger partial charge in [0, 0.05) is 24.2 Å². The summed E-state index contributed by atoms with van der Waals surface area (Å²) in [5, 5.41) is 0.513. The maximum Gasteiger partial charge on any atom is 0.241 e. The fourth-order valence-corrected chi connectivity index (χ4v) is 5.44. The predicted molar refractivity (Wildman–Crippen MR) is 135 cm³/mol. The van der Waals surface area contributed by atoms with Gasteiger partial charge in [0.1, 0.15) is 22.8 Å². The monoisotopic (exact) mass is 475 g/mol. The highest BCUT2D eigenvalue weighted by molar-refractivity contribution is 7.22. The summed E-state index contributed by atoms with van der Waals surface area (Å²) in [7, 11) is 0. The van der Waals surface area contributed by atoms with Gasteiger partial charge in [0.05, 0.1) is 10.6 Å². The van der Waals surface area contributed by atoms with E-state index >= 15 is 0 Å². The van der Waals surface area contributed by atoms with Crippen LogP contribution >= 0.6 is 11.3 Å². The van der Waals surface area contributed by atoms with Crippen LogP contribution in [0.25, 0.3) is 10.2 Å². The number of carbonyl (C=O) groups excluding carboxylic acids is 1. The number of para-hydroxylation sites is 3. The number of fused-ring (bicyclic) bond motifs is 3. The van der Waals surface area contributed by atoms with Gasteiger partial charge in [-0.25, -0.2) is 9.37 Å². The summed E-state index contributed by atoms with van der Waals surface area (Å²) in [4.78, 5) is 22.9. The standard InChI is InChI=1S/C27H26FN3O2S/c1-3-30(4-2)16-17-31(27-29-25-20(28)12-9-15-23(25)34-27)26(32)24-18-10-5-7-13-21(18)33-22-14-8-6-11-19(22)24/h5-15,24H,3-4,16-17H2,1-2H3. The Morgan fingerprint density at radius 3 is 2.21 bits per heavy atom. The molecule has 3 aromatic carbocycles. The van der Waals surface area contributed by atoms with E-state index in [1.807, 2.05) is 54.6 Å². The molecule has 0 N–H and O–H groups in total. The molecule has 0 saturated carbocycles. The fourth-order valence-electron chi connectivity index (χ4n) is 4.43. The van der Waals surface area contributed by atoms with E-state index in [1.165, 1.54) is 17.4 Å². The molecule has 0 atom stereocenters. The molecule has 174 valence electrons. The van der Waals surface area contributed by atoms with Gasteiger partial charge in [-0.2, -0.15) is 0 Å².